The summed E-state index contributed by atoms with van der Waals surface area (Å²) in [5.41, 5.74) is 3.37. The number of rotatable bonds is 6. The number of aromatic nitrogens is 6. The van der Waals surface area contributed by atoms with Crippen molar-refractivity contribution in [3.8, 4) is 16.9 Å². The fourth-order valence-electron chi connectivity index (χ4n) is 5.71. The molecule has 4 heterocycles. The van der Waals surface area contributed by atoms with Gasteiger partial charge in [-0.25, -0.2) is 9.67 Å². The fourth-order valence-corrected chi connectivity index (χ4v) is 6.01. The smallest absolute Gasteiger partial charge is 0.373 e. The van der Waals surface area contributed by atoms with Crippen LogP contribution in [0.2, 0.25) is 10.2 Å². The number of hydrogen-bond donors (Lipinski definition) is 3. The van der Waals surface area contributed by atoms with E-state index in [9.17, 15) is 32.3 Å². The number of ether oxygens (including phenoxy) is 1. The van der Waals surface area contributed by atoms with Crippen molar-refractivity contribution in [2.24, 2.45) is 0 Å². The Hall–Kier alpha value is -5.81. The summed E-state index contributed by atoms with van der Waals surface area (Å²) in [5.74, 6) is -1.89. The van der Waals surface area contributed by atoms with Crippen LogP contribution in [0.4, 0.5) is 18.9 Å². The van der Waals surface area contributed by atoms with Crippen LogP contribution in [-0.4, -0.2) is 72.8 Å². The molecule has 0 fully saturated rings. The van der Waals surface area contributed by atoms with Crippen LogP contribution in [-0.2, 0) is 14.3 Å². The number of nitrogens with one attached hydrogen (secondary N) is 3. The second-order valence-electron chi connectivity index (χ2n) is 12.1. The third kappa shape index (κ3) is 11.6. The van der Waals surface area contributed by atoms with Crippen molar-refractivity contribution in [2.45, 2.75) is 51.1 Å². The van der Waals surface area contributed by atoms with Crippen LogP contribution in [0.1, 0.15) is 54.6 Å². The molecule has 19 heteroatoms. The molecule has 3 N–H and O–H groups in total. The summed E-state index contributed by atoms with van der Waals surface area (Å²) in [4.78, 5) is 57.8. The van der Waals surface area contributed by atoms with Crippen molar-refractivity contribution in [1.29, 1.82) is 0 Å². The summed E-state index contributed by atoms with van der Waals surface area (Å²) in [6.45, 7) is 1.24. The summed E-state index contributed by atoms with van der Waals surface area (Å²) < 4.78 is 38.5. The topological polar surface area (TPSA) is 175 Å². The van der Waals surface area contributed by atoms with Crippen LogP contribution < -0.4 is 21.5 Å². The third-order valence-electron chi connectivity index (χ3n) is 8.15. The Labute approximate surface area is 322 Å². The van der Waals surface area contributed by atoms with E-state index in [1.165, 1.54) is 16.9 Å². The second-order valence-corrected chi connectivity index (χ2v) is 13.0. The Kier molecular flexibility index (Phi) is 13.6. The van der Waals surface area contributed by atoms with Gasteiger partial charge >= 0.3 is 12.3 Å². The molecule has 3 aromatic heterocycles. The lowest BCUT2D eigenvalue weighted by atomic mass is 9.99. The zero-order valence-electron chi connectivity index (χ0n) is 29.1. The van der Waals surface area contributed by atoms with E-state index in [4.69, 9.17) is 23.2 Å². The maximum Gasteiger partial charge on any atom is 0.575 e. The number of pyridine rings is 1. The summed E-state index contributed by atoms with van der Waals surface area (Å²) in [7, 11) is 0. The number of esters is 1. The Bertz CT molecular complexity index is 2180. The molecule has 14 nitrogen and oxygen atoms in total. The molecule has 0 saturated heterocycles. The highest BCUT2D eigenvalue weighted by atomic mass is 35.5. The monoisotopic (exact) mass is 799 g/mol. The van der Waals surface area contributed by atoms with Gasteiger partial charge in [0.25, 0.3) is 11.5 Å². The lowest BCUT2D eigenvalue weighted by Gasteiger charge is -2.23. The number of benzene rings is 2. The minimum atomic E-state index is -4.83. The van der Waals surface area contributed by atoms with E-state index in [1.54, 1.807) is 53.6 Å². The van der Waals surface area contributed by atoms with Gasteiger partial charge in [0.2, 0.25) is 5.91 Å². The molecule has 6 rings (SSSR count). The predicted octanol–water partition coefficient (Wildman–Crippen LogP) is 5.75. The molecule has 0 radical (unpaired) electrons. The summed E-state index contributed by atoms with van der Waals surface area (Å²) in [6, 6.07) is 16.6. The van der Waals surface area contributed by atoms with Gasteiger partial charge in [0.05, 0.1) is 35.5 Å². The van der Waals surface area contributed by atoms with Crippen molar-refractivity contribution in [3.05, 3.63) is 117 Å². The first-order chi connectivity index (χ1) is 26.3. The number of carbonyl (C=O) groups excluding carboxylic acids is 3. The standard InChI is InChI=1S/C33H31Cl2N9O3.C3H3F3O2/c34-23-10-11-29(44-19-30(35)41-42-44)25(15-23)26-16-31(45)43(20-39-26)28-9-2-1-3-13-37-33(47)27(40-24-8-4-6-21(28)14-24)18-38-32(46)22-7-5-12-36-17-22;1-2(7)8-3(4,5)6/h4-8,10-12,14-17,19-20,27-28,40H,1-3,9,13,18H2,(H,37,47)(H,38,46);1H3/t27-,28+;/m1./s1. The van der Waals surface area contributed by atoms with Crippen LogP contribution in [0.3, 0.4) is 0 Å². The first kappa shape index (κ1) is 40.4. The van der Waals surface area contributed by atoms with Crippen LogP contribution in [0.15, 0.2) is 90.4 Å². The molecule has 2 bridgehead atoms. The van der Waals surface area contributed by atoms with Gasteiger partial charge in [0, 0.05) is 54.7 Å². The molecule has 288 valence electrons. The zero-order chi connectivity index (χ0) is 39.5. The molecule has 0 saturated carbocycles. The van der Waals surface area contributed by atoms with E-state index >= 15 is 0 Å². The van der Waals surface area contributed by atoms with Crippen molar-refractivity contribution < 1.29 is 32.3 Å². The van der Waals surface area contributed by atoms with Crippen LogP contribution in [0.25, 0.3) is 16.9 Å². The highest BCUT2D eigenvalue weighted by Crippen LogP contribution is 2.30. The largest absolute Gasteiger partial charge is 0.575 e. The lowest BCUT2D eigenvalue weighted by molar-refractivity contribution is -0.304. The van der Waals surface area contributed by atoms with Gasteiger partial charge < -0.3 is 20.7 Å². The zero-order valence-corrected chi connectivity index (χ0v) is 30.6. The Morgan fingerprint density at radius 1 is 1.04 bits per heavy atom. The van der Waals surface area contributed by atoms with Crippen LogP contribution in [0, 0.1) is 0 Å². The van der Waals surface area contributed by atoms with Gasteiger partial charge in [-0.05, 0) is 60.9 Å². The van der Waals surface area contributed by atoms with Gasteiger partial charge in [-0.3, -0.25) is 28.7 Å². The Morgan fingerprint density at radius 3 is 2.53 bits per heavy atom. The Morgan fingerprint density at radius 2 is 1.85 bits per heavy atom. The molecule has 5 aromatic rings. The van der Waals surface area contributed by atoms with Gasteiger partial charge in [0.1, 0.15) is 6.04 Å². The molecule has 1 aliphatic rings. The molecule has 55 heavy (non-hydrogen) atoms. The lowest BCUT2D eigenvalue weighted by Crippen LogP contribution is -2.47. The van der Waals surface area contributed by atoms with Gasteiger partial charge in [-0.2, -0.15) is 0 Å². The number of nitrogens with zero attached hydrogens (tertiary/aromatic N) is 6. The van der Waals surface area contributed by atoms with Gasteiger partial charge in [-0.1, -0.05) is 53.4 Å². The average molecular weight is 801 g/mol. The number of halogens is 5. The second kappa shape index (κ2) is 18.5. The number of fused-ring (bicyclic) bond motifs is 2. The van der Waals surface area contributed by atoms with E-state index < -0.39 is 18.4 Å². The molecule has 0 spiro atoms. The molecular weight excluding hydrogens is 766 g/mol. The van der Waals surface area contributed by atoms with E-state index in [2.05, 4.69) is 41.0 Å². The minimum Gasteiger partial charge on any atom is -0.373 e. The van der Waals surface area contributed by atoms with Crippen molar-refractivity contribution >= 4 is 46.7 Å². The van der Waals surface area contributed by atoms with Gasteiger partial charge in [0.15, 0.2) is 5.15 Å². The normalized spacial score (nSPS) is 16.1. The SMILES string of the molecule is CC(=O)OC(F)(F)F.O=C(NC[C@H]1Nc2cccc(c2)[C@@H](n2cnc(-c3cc(Cl)ccc3-n3cc(Cl)nn3)cc2=O)CCCCCNC1=O)c1cccnc1. The number of amides is 2. The van der Waals surface area contributed by atoms with Crippen molar-refractivity contribution in [3.63, 3.8) is 0 Å². The van der Waals surface area contributed by atoms with Gasteiger partial charge in [-0.15, -0.1) is 18.3 Å². The molecule has 1 aliphatic heterocycles. The van der Waals surface area contributed by atoms with E-state index in [0.717, 1.165) is 24.8 Å². The molecular formula is C36H34Cl2F3N9O5. The molecule has 2 atom stereocenters. The van der Waals surface area contributed by atoms with E-state index in [0.29, 0.717) is 53.1 Å². The van der Waals surface area contributed by atoms with E-state index in [1.807, 2.05) is 24.3 Å². The molecule has 2 amide bonds. The van der Waals surface area contributed by atoms with E-state index in [-0.39, 0.29) is 35.1 Å². The molecule has 2 aromatic carbocycles. The maximum absolute atomic E-state index is 13.8. The highest BCUT2D eigenvalue weighted by Gasteiger charge is 2.32. The quantitative estimate of drug-likeness (QED) is 0.179. The first-order valence-electron chi connectivity index (χ1n) is 16.8. The highest BCUT2D eigenvalue weighted by molar-refractivity contribution is 6.31. The molecule has 0 aliphatic carbocycles. The third-order valence-corrected chi connectivity index (χ3v) is 8.56. The minimum absolute atomic E-state index is 0.0599. The number of alkyl halides is 3. The number of anilines is 1. The fraction of sp³-hybridized carbons (Fsp3) is 0.278. The van der Waals surface area contributed by atoms with Crippen molar-refractivity contribution in [1.82, 2.24) is 40.2 Å². The summed E-state index contributed by atoms with van der Waals surface area (Å²) >= 11 is 12.3. The number of hydrogen-bond acceptors (Lipinski definition) is 10. The van der Waals surface area contributed by atoms with Crippen LogP contribution in [0.5, 0.6) is 0 Å². The average Bonchev–Trinajstić information content (AvgIpc) is 3.58. The Balaban J connectivity index is 0.000000654. The molecule has 0 unspecified atom stereocenters. The predicted molar refractivity (Wildman–Crippen MR) is 197 cm³/mol. The first-order valence-corrected chi connectivity index (χ1v) is 17.6. The summed E-state index contributed by atoms with van der Waals surface area (Å²) in [5, 5.41) is 17.7. The van der Waals surface area contributed by atoms with Crippen LogP contribution >= 0.6 is 23.2 Å². The summed E-state index contributed by atoms with van der Waals surface area (Å²) in [6.07, 6.45) is 4.47. The maximum atomic E-state index is 13.8. The number of carbonyl (C=O) groups is 3. The van der Waals surface area contributed by atoms with Crippen molar-refractivity contribution in [2.75, 3.05) is 18.4 Å².